The largest absolute Gasteiger partial charge is 0.286 e. The molecule has 5 aromatic rings. The molecule has 0 aliphatic carbocycles. The average Bonchev–Trinajstić information content (AvgIpc) is 3.29. The van der Waals surface area contributed by atoms with E-state index in [0.29, 0.717) is 6.42 Å². The molecular weight excluding hydrogens is 352 g/mol. The minimum absolute atomic E-state index is 0.302. The summed E-state index contributed by atoms with van der Waals surface area (Å²) in [7, 11) is 0. The van der Waals surface area contributed by atoms with Crippen LogP contribution in [0.3, 0.4) is 0 Å². The highest BCUT2D eigenvalue weighted by molar-refractivity contribution is 7.15. The zero-order chi connectivity index (χ0) is 18.2. The van der Waals surface area contributed by atoms with Crippen molar-refractivity contribution in [2.45, 2.75) is 6.42 Å². The summed E-state index contributed by atoms with van der Waals surface area (Å²) in [6, 6.07) is 21.0. The standard InChI is InChI=1S/C22H14N4S/c23-10-7-19-21(16-8-11-24-12-9-16)25-22-26(19)20(14-27-22)18-6-5-15-3-1-2-4-17(15)13-18/h1-6,8-9,11-14H,7H2. The predicted molar refractivity (Wildman–Crippen MR) is 109 cm³/mol. The summed E-state index contributed by atoms with van der Waals surface area (Å²) in [4.78, 5) is 9.80. The molecule has 5 heteroatoms. The number of nitriles is 1. The normalized spacial score (nSPS) is 11.1. The molecule has 0 aliphatic heterocycles. The van der Waals surface area contributed by atoms with Gasteiger partial charge in [-0.25, -0.2) is 4.98 Å². The zero-order valence-corrected chi connectivity index (χ0v) is 15.1. The molecule has 0 saturated heterocycles. The smallest absolute Gasteiger partial charge is 0.194 e. The van der Waals surface area contributed by atoms with Gasteiger partial charge >= 0.3 is 0 Å². The lowest BCUT2D eigenvalue weighted by Gasteiger charge is -2.06. The molecule has 3 heterocycles. The number of hydrogen-bond acceptors (Lipinski definition) is 4. The molecule has 0 atom stereocenters. The summed E-state index contributed by atoms with van der Waals surface area (Å²) < 4.78 is 2.12. The maximum Gasteiger partial charge on any atom is 0.194 e. The molecule has 0 radical (unpaired) electrons. The maximum atomic E-state index is 9.41. The van der Waals surface area contributed by atoms with Crippen molar-refractivity contribution in [2.75, 3.05) is 0 Å². The molecule has 0 spiro atoms. The van der Waals surface area contributed by atoms with Crippen LogP contribution in [0.4, 0.5) is 0 Å². The molecule has 0 bridgehead atoms. The minimum Gasteiger partial charge on any atom is -0.286 e. The number of fused-ring (bicyclic) bond motifs is 2. The van der Waals surface area contributed by atoms with E-state index in [1.807, 2.05) is 18.2 Å². The second-order valence-corrected chi connectivity index (χ2v) is 7.12. The maximum absolute atomic E-state index is 9.41. The fourth-order valence-corrected chi connectivity index (χ4v) is 4.36. The molecule has 0 unspecified atom stereocenters. The first-order valence-corrected chi connectivity index (χ1v) is 9.48. The van der Waals surface area contributed by atoms with Crippen molar-refractivity contribution in [3.63, 3.8) is 0 Å². The summed E-state index contributed by atoms with van der Waals surface area (Å²) in [5.41, 5.74) is 4.95. The van der Waals surface area contributed by atoms with Gasteiger partial charge in [0.1, 0.15) is 0 Å². The van der Waals surface area contributed by atoms with Gasteiger partial charge in [0, 0.05) is 28.9 Å². The number of benzene rings is 2. The Morgan fingerprint density at radius 3 is 2.59 bits per heavy atom. The van der Waals surface area contributed by atoms with Gasteiger partial charge in [0.05, 0.1) is 29.6 Å². The molecule has 0 aliphatic rings. The topological polar surface area (TPSA) is 54.0 Å². The molecular formula is C22H14N4S. The molecule has 27 heavy (non-hydrogen) atoms. The summed E-state index contributed by atoms with van der Waals surface area (Å²) in [6.07, 6.45) is 3.81. The van der Waals surface area contributed by atoms with Gasteiger partial charge in [0.25, 0.3) is 0 Å². The Balaban J connectivity index is 1.75. The fourth-order valence-electron chi connectivity index (χ4n) is 3.44. The second-order valence-electron chi connectivity index (χ2n) is 6.28. The zero-order valence-electron chi connectivity index (χ0n) is 14.3. The molecule has 128 valence electrons. The first kappa shape index (κ1) is 15.7. The average molecular weight is 366 g/mol. The minimum atomic E-state index is 0.302. The highest BCUT2D eigenvalue weighted by Gasteiger charge is 2.18. The summed E-state index contributed by atoms with van der Waals surface area (Å²) in [6.45, 7) is 0. The fraction of sp³-hybridized carbons (Fsp3) is 0.0455. The van der Waals surface area contributed by atoms with Gasteiger partial charge in [-0.1, -0.05) is 36.4 Å². The lowest BCUT2D eigenvalue weighted by molar-refractivity contribution is 1.08. The highest BCUT2D eigenvalue weighted by Crippen LogP contribution is 2.34. The van der Waals surface area contributed by atoms with Gasteiger partial charge in [-0.15, -0.1) is 11.3 Å². The van der Waals surface area contributed by atoms with E-state index in [1.54, 1.807) is 23.7 Å². The second kappa shape index (κ2) is 6.35. The van der Waals surface area contributed by atoms with Crippen molar-refractivity contribution >= 4 is 27.1 Å². The van der Waals surface area contributed by atoms with Gasteiger partial charge < -0.3 is 0 Å². The summed E-state index contributed by atoms with van der Waals surface area (Å²) >= 11 is 1.60. The van der Waals surface area contributed by atoms with Crippen LogP contribution in [0.25, 0.3) is 38.2 Å². The van der Waals surface area contributed by atoms with Crippen LogP contribution in [-0.4, -0.2) is 14.4 Å². The van der Waals surface area contributed by atoms with Crippen LogP contribution >= 0.6 is 11.3 Å². The highest BCUT2D eigenvalue weighted by atomic mass is 32.1. The number of thiazole rings is 1. The Labute approximate surface area is 160 Å². The monoisotopic (exact) mass is 366 g/mol. The number of imidazole rings is 1. The van der Waals surface area contributed by atoms with E-state index in [9.17, 15) is 5.26 Å². The quantitative estimate of drug-likeness (QED) is 0.433. The van der Waals surface area contributed by atoms with Crippen LogP contribution in [0, 0.1) is 11.3 Å². The number of aromatic nitrogens is 3. The molecule has 0 amide bonds. The van der Waals surface area contributed by atoms with Crippen LogP contribution in [0.2, 0.25) is 0 Å². The van der Waals surface area contributed by atoms with E-state index in [0.717, 1.165) is 33.2 Å². The van der Waals surface area contributed by atoms with E-state index < -0.39 is 0 Å². The Kier molecular flexibility index (Phi) is 3.70. The predicted octanol–water partition coefficient (Wildman–Crippen LogP) is 5.34. The molecule has 0 fully saturated rings. The van der Waals surface area contributed by atoms with Crippen LogP contribution in [0.5, 0.6) is 0 Å². The van der Waals surface area contributed by atoms with Crippen LogP contribution in [0.15, 0.2) is 72.4 Å². The van der Waals surface area contributed by atoms with E-state index in [4.69, 9.17) is 4.98 Å². The third-order valence-corrected chi connectivity index (χ3v) is 5.53. The van der Waals surface area contributed by atoms with Gasteiger partial charge in [0.2, 0.25) is 0 Å². The Morgan fingerprint density at radius 2 is 1.78 bits per heavy atom. The SMILES string of the molecule is N#CCc1c(-c2ccncc2)nc2scc(-c3ccc4ccccc4c3)n12. The molecule has 2 aromatic carbocycles. The lowest BCUT2D eigenvalue weighted by atomic mass is 10.1. The van der Waals surface area contributed by atoms with Crippen LogP contribution < -0.4 is 0 Å². The third kappa shape index (κ3) is 2.59. The number of hydrogen-bond donors (Lipinski definition) is 0. The van der Waals surface area contributed by atoms with E-state index >= 15 is 0 Å². The van der Waals surface area contributed by atoms with Crippen molar-refractivity contribution in [3.8, 4) is 28.6 Å². The molecule has 0 N–H and O–H groups in total. The Morgan fingerprint density at radius 1 is 0.963 bits per heavy atom. The third-order valence-electron chi connectivity index (χ3n) is 4.70. The first-order valence-electron chi connectivity index (χ1n) is 8.60. The number of pyridine rings is 1. The van der Waals surface area contributed by atoms with Crippen LogP contribution in [0.1, 0.15) is 5.69 Å². The van der Waals surface area contributed by atoms with Crippen molar-refractivity contribution < 1.29 is 0 Å². The van der Waals surface area contributed by atoms with Gasteiger partial charge in [-0.3, -0.25) is 9.38 Å². The van der Waals surface area contributed by atoms with Crippen molar-refractivity contribution in [1.29, 1.82) is 5.26 Å². The Bertz CT molecular complexity index is 1310. The molecule has 5 rings (SSSR count). The van der Waals surface area contributed by atoms with Crippen LogP contribution in [-0.2, 0) is 6.42 Å². The van der Waals surface area contributed by atoms with Gasteiger partial charge in [-0.2, -0.15) is 5.26 Å². The summed E-state index contributed by atoms with van der Waals surface area (Å²) in [5.74, 6) is 0. The number of nitrogens with zero attached hydrogens (tertiary/aromatic N) is 4. The van der Waals surface area contributed by atoms with E-state index in [1.165, 1.54) is 10.8 Å². The Hall–Kier alpha value is -3.49. The first-order chi connectivity index (χ1) is 13.3. The van der Waals surface area contributed by atoms with Crippen molar-refractivity contribution in [2.24, 2.45) is 0 Å². The van der Waals surface area contributed by atoms with Crippen molar-refractivity contribution in [3.05, 3.63) is 78.1 Å². The lowest BCUT2D eigenvalue weighted by Crippen LogP contribution is -1.95. The summed E-state index contributed by atoms with van der Waals surface area (Å²) in [5, 5.41) is 13.9. The van der Waals surface area contributed by atoms with Crippen molar-refractivity contribution in [1.82, 2.24) is 14.4 Å². The van der Waals surface area contributed by atoms with Gasteiger partial charge in [0.15, 0.2) is 4.96 Å². The van der Waals surface area contributed by atoms with Gasteiger partial charge in [-0.05, 0) is 29.0 Å². The molecule has 3 aromatic heterocycles. The molecule has 0 saturated carbocycles. The number of rotatable bonds is 3. The van der Waals surface area contributed by atoms with E-state index in [2.05, 4.69) is 57.2 Å². The molecule has 4 nitrogen and oxygen atoms in total. The van der Waals surface area contributed by atoms with E-state index in [-0.39, 0.29) is 0 Å².